The second-order valence-electron chi connectivity index (χ2n) is 4.85. The Morgan fingerprint density at radius 1 is 1.04 bits per heavy atom. The smallest absolute Gasteiger partial charge is 0.260 e. The van der Waals surface area contributed by atoms with Gasteiger partial charge in [-0.25, -0.2) is 4.57 Å². The van der Waals surface area contributed by atoms with Crippen LogP contribution >= 0.6 is 0 Å². The van der Waals surface area contributed by atoms with Crippen molar-refractivity contribution >= 4 is 12.0 Å². The number of methoxy groups -OCH3 is 3. The van der Waals surface area contributed by atoms with E-state index in [1.165, 1.54) is 27.4 Å². The third-order valence-electron chi connectivity index (χ3n) is 3.37. The Balaban J connectivity index is 2.41. The van der Waals surface area contributed by atoms with Gasteiger partial charge in [0, 0.05) is 12.1 Å². The van der Waals surface area contributed by atoms with Crippen molar-refractivity contribution in [3.8, 4) is 28.9 Å². The SMILES string of the molecule is COc1cc(/C=C/C(=O)n2c(O)c(O)ccc2=O)cc(OC)c1OC. The Hall–Kier alpha value is -3.42. The van der Waals surface area contributed by atoms with Gasteiger partial charge in [-0.15, -0.1) is 0 Å². The molecule has 1 heterocycles. The summed E-state index contributed by atoms with van der Waals surface area (Å²) in [4.78, 5) is 23.9. The van der Waals surface area contributed by atoms with Gasteiger partial charge in [-0.2, -0.15) is 0 Å². The number of aromatic nitrogens is 1. The van der Waals surface area contributed by atoms with Gasteiger partial charge in [-0.3, -0.25) is 9.59 Å². The molecule has 1 aromatic heterocycles. The highest BCUT2D eigenvalue weighted by Crippen LogP contribution is 2.38. The zero-order chi connectivity index (χ0) is 18.6. The second-order valence-corrected chi connectivity index (χ2v) is 4.85. The van der Waals surface area contributed by atoms with E-state index in [2.05, 4.69) is 0 Å². The van der Waals surface area contributed by atoms with E-state index >= 15 is 0 Å². The monoisotopic (exact) mass is 347 g/mol. The van der Waals surface area contributed by atoms with Crippen LogP contribution in [0.3, 0.4) is 0 Å². The van der Waals surface area contributed by atoms with E-state index in [0.29, 0.717) is 27.4 Å². The fraction of sp³-hybridized carbons (Fsp3) is 0.176. The molecule has 132 valence electrons. The standard InChI is InChI=1S/C17H17NO7/c1-23-12-8-10(9-13(24-2)16(12)25-3)4-6-14(20)18-15(21)7-5-11(19)17(18)22/h4-9,19,22H,1-3H3/b6-4+. The van der Waals surface area contributed by atoms with Crippen molar-refractivity contribution in [3.05, 3.63) is 46.3 Å². The summed E-state index contributed by atoms with van der Waals surface area (Å²) in [6.07, 6.45) is 2.48. The van der Waals surface area contributed by atoms with Gasteiger partial charge in [0.25, 0.3) is 11.5 Å². The summed E-state index contributed by atoms with van der Waals surface area (Å²) in [5.41, 5.74) is -0.231. The molecule has 8 heteroatoms. The molecule has 8 nitrogen and oxygen atoms in total. The first-order valence-corrected chi connectivity index (χ1v) is 7.09. The normalized spacial score (nSPS) is 10.7. The Morgan fingerprint density at radius 2 is 1.64 bits per heavy atom. The predicted molar refractivity (Wildman–Crippen MR) is 89.8 cm³/mol. The molecule has 0 amide bonds. The molecule has 1 aromatic carbocycles. The van der Waals surface area contributed by atoms with E-state index < -0.39 is 23.1 Å². The molecule has 0 atom stereocenters. The minimum Gasteiger partial charge on any atom is -0.503 e. The molecule has 0 spiro atoms. The van der Waals surface area contributed by atoms with Crippen LogP contribution in [-0.4, -0.2) is 42.0 Å². The van der Waals surface area contributed by atoms with Crippen LogP contribution in [0.2, 0.25) is 0 Å². The molecular formula is C17H17NO7. The molecule has 0 fully saturated rings. The quantitative estimate of drug-likeness (QED) is 0.792. The van der Waals surface area contributed by atoms with Crippen molar-refractivity contribution in [2.24, 2.45) is 0 Å². The molecule has 0 aliphatic heterocycles. The first-order valence-electron chi connectivity index (χ1n) is 7.09. The minimum atomic E-state index is -0.827. The molecule has 0 saturated carbocycles. The number of carbonyl (C=O) groups is 1. The van der Waals surface area contributed by atoms with E-state index in [1.54, 1.807) is 12.1 Å². The van der Waals surface area contributed by atoms with Crippen molar-refractivity contribution in [1.82, 2.24) is 4.57 Å². The van der Waals surface area contributed by atoms with E-state index in [1.807, 2.05) is 0 Å². The molecule has 0 aliphatic carbocycles. The predicted octanol–water partition coefficient (Wildman–Crippen LogP) is 1.64. The summed E-state index contributed by atoms with van der Waals surface area (Å²) < 4.78 is 16.1. The minimum absolute atomic E-state index is 0.395. The molecule has 25 heavy (non-hydrogen) atoms. The number of nitrogens with zero attached hydrogens (tertiary/aromatic N) is 1. The Morgan fingerprint density at radius 3 is 2.16 bits per heavy atom. The molecule has 0 radical (unpaired) electrons. The van der Waals surface area contributed by atoms with Gasteiger partial charge in [0.2, 0.25) is 11.6 Å². The molecular weight excluding hydrogens is 330 g/mol. The summed E-state index contributed by atoms with van der Waals surface area (Å²) in [5, 5.41) is 19.1. The largest absolute Gasteiger partial charge is 0.503 e. The summed E-state index contributed by atoms with van der Waals surface area (Å²) in [6.45, 7) is 0. The van der Waals surface area contributed by atoms with Crippen LogP contribution in [0.25, 0.3) is 6.08 Å². The first-order chi connectivity index (χ1) is 11.9. The molecule has 0 aliphatic rings. The summed E-state index contributed by atoms with van der Waals surface area (Å²) in [6, 6.07) is 5.19. The maximum Gasteiger partial charge on any atom is 0.260 e. The van der Waals surface area contributed by atoms with Crippen LogP contribution in [0.5, 0.6) is 28.9 Å². The highest BCUT2D eigenvalue weighted by atomic mass is 16.5. The Kier molecular flexibility index (Phi) is 5.33. The lowest BCUT2D eigenvalue weighted by atomic mass is 10.1. The van der Waals surface area contributed by atoms with Crippen molar-refractivity contribution in [3.63, 3.8) is 0 Å². The van der Waals surface area contributed by atoms with E-state index in [0.717, 1.165) is 18.2 Å². The van der Waals surface area contributed by atoms with E-state index in [4.69, 9.17) is 14.2 Å². The number of allylic oxidation sites excluding steroid dienone is 1. The second kappa shape index (κ2) is 7.43. The average Bonchev–Trinajstić information content (AvgIpc) is 2.62. The number of hydrogen-bond acceptors (Lipinski definition) is 7. The molecule has 0 bridgehead atoms. The summed E-state index contributed by atoms with van der Waals surface area (Å²) >= 11 is 0. The highest BCUT2D eigenvalue weighted by molar-refractivity contribution is 5.94. The Bertz CT molecular complexity index is 858. The molecule has 2 N–H and O–H groups in total. The van der Waals surface area contributed by atoms with Gasteiger partial charge >= 0.3 is 0 Å². The van der Waals surface area contributed by atoms with Gasteiger partial charge in [0.05, 0.1) is 21.3 Å². The third kappa shape index (κ3) is 3.57. The van der Waals surface area contributed by atoms with Gasteiger partial charge in [0.15, 0.2) is 17.2 Å². The fourth-order valence-corrected chi connectivity index (χ4v) is 2.17. The third-order valence-corrected chi connectivity index (χ3v) is 3.37. The number of aromatic hydroxyl groups is 2. The van der Waals surface area contributed by atoms with Gasteiger partial charge in [0.1, 0.15) is 0 Å². The zero-order valence-corrected chi connectivity index (χ0v) is 13.8. The van der Waals surface area contributed by atoms with Gasteiger partial charge < -0.3 is 24.4 Å². The molecule has 0 saturated heterocycles. The van der Waals surface area contributed by atoms with E-state index in [-0.39, 0.29) is 0 Å². The number of carbonyl (C=O) groups excluding carboxylic acids is 1. The van der Waals surface area contributed by atoms with Crippen LogP contribution in [0.4, 0.5) is 0 Å². The summed E-state index contributed by atoms with van der Waals surface area (Å²) in [5.74, 6) is -1.04. The van der Waals surface area contributed by atoms with Crippen LogP contribution in [0.15, 0.2) is 35.1 Å². The van der Waals surface area contributed by atoms with Gasteiger partial charge in [-0.05, 0) is 29.8 Å². The van der Waals surface area contributed by atoms with Crippen molar-refractivity contribution in [2.45, 2.75) is 0 Å². The number of ether oxygens (including phenoxy) is 3. The molecule has 2 rings (SSSR count). The van der Waals surface area contributed by atoms with Crippen LogP contribution in [0.1, 0.15) is 10.4 Å². The van der Waals surface area contributed by atoms with Gasteiger partial charge in [-0.1, -0.05) is 0 Å². The van der Waals surface area contributed by atoms with Crippen LogP contribution in [-0.2, 0) is 0 Å². The fourth-order valence-electron chi connectivity index (χ4n) is 2.17. The number of benzene rings is 1. The molecule has 2 aromatic rings. The van der Waals surface area contributed by atoms with Crippen LogP contribution in [0, 0.1) is 0 Å². The van der Waals surface area contributed by atoms with Crippen molar-refractivity contribution in [1.29, 1.82) is 0 Å². The maximum absolute atomic E-state index is 12.2. The number of rotatable bonds is 5. The lowest BCUT2D eigenvalue weighted by molar-refractivity contribution is 0.0954. The lowest BCUT2D eigenvalue weighted by Gasteiger charge is -2.12. The first kappa shape index (κ1) is 17.9. The average molecular weight is 347 g/mol. The Labute approximate surface area is 143 Å². The van der Waals surface area contributed by atoms with E-state index in [9.17, 15) is 19.8 Å². The number of hydrogen-bond donors (Lipinski definition) is 2. The molecule has 0 unspecified atom stereocenters. The summed E-state index contributed by atoms with van der Waals surface area (Å²) in [7, 11) is 4.39. The van der Waals surface area contributed by atoms with Crippen molar-refractivity contribution in [2.75, 3.05) is 21.3 Å². The van der Waals surface area contributed by atoms with Crippen molar-refractivity contribution < 1.29 is 29.2 Å². The lowest BCUT2D eigenvalue weighted by Crippen LogP contribution is -2.24. The maximum atomic E-state index is 12.2. The van der Waals surface area contributed by atoms with Crippen LogP contribution < -0.4 is 19.8 Å². The highest BCUT2D eigenvalue weighted by Gasteiger charge is 2.14. The topological polar surface area (TPSA) is 107 Å². The zero-order valence-electron chi connectivity index (χ0n) is 13.8. The number of pyridine rings is 1.